The molecule has 0 spiro atoms. The van der Waals surface area contributed by atoms with Gasteiger partial charge in [0.1, 0.15) is 0 Å². The zero-order chi connectivity index (χ0) is 11.6. The van der Waals surface area contributed by atoms with Gasteiger partial charge in [-0.2, -0.15) is 0 Å². The van der Waals surface area contributed by atoms with E-state index in [1.807, 2.05) is 0 Å². The van der Waals surface area contributed by atoms with E-state index < -0.39 is 32.2 Å². The van der Waals surface area contributed by atoms with E-state index in [4.69, 9.17) is 10.7 Å². The molecule has 0 radical (unpaired) electrons. The van der Waals surface area contributed by atoms with Crippen LogP contribution in [0.4, 0.5) is 8.78 Å². The van der Waals surface area contributed by atoms with Crippen LogP contribution in [0.1, 0.15) is 5.56 Å². The number of hydrogen-bond acceptors (Lipinski definition) is 3. The number of benzene rings is 1. The smallest absolute Gasteiger partial charge is 0.236 e. The Hall–Kier alpha value is -0.880. The Morgan fingerprint density at radius 2 is 2.00 bits per heavy atom. The fourth-order valence-corrected chi connectivity index (χ4v) is 2.00. The standard InChI is InChI=1S/C8H7ClF2O3S/c1-14-8-6(10)3-2-5(7(8)11)4-15(9,12)13/h2-3H,4H2,1H3. The van der Waals surface area contributed by atoms with Gasteiger partial charge in [0.05, 0.1) is 12.9 Å². The first-order valence-electron chi connectivity index (χ1n) is 3.78. The third kappa shape index (κ3) is 3.04. The molecular formula is C8H7ClF2O3S. The highest BCUT2D eigenvalue weighted by molar-refractivity contribution is 8.13. The fourth-order valence-electron chi connectivity index (χ4n) is 1.06. The average molecular weight is 257 g/mol. The summed E-state index contributed by atoms with van der Waals surface area (Å²) < 4.78 is 52.1. The van der Waals surface area contributed by atoms with Crippen molar-refractivity contribution in [2.24, 2.45) is 0 Å². The summed E-state index contributed by atoms with van der Waals surface area (Å²) in [6.45, 7) is 0. The first-order chi connectivity index (χ1) is 6.85. The highest BCUT2D eigenvalue weighted by Crippen LogP contribution is 2.25. The lowest BCUT2D eigenvalue weighted by Crippen LogP contribution is -2.02. The van der Waals surface area contributed by atoms with E-state index in [9.17, 15) is 17.2 Å². The highest BCUT2D eigenvalue weighted by Gasteiger charge is 2.18. The zero-order valence-electron chi connectivity index (χ0n) is 7.63. The molecule has 7 heteroatoms. The van der Waals surface area contributed by atoms with E-state index in [0.717, 1.165) is 19.2 Å². The van der Waals surface area contributed by atoms with Gasteiger partial charge in [-0.25, -0.2) is 17.2 Å². The molecule has 0 atom stereocenters. The van der Waals surface area contributed by atoms with Crippen LogP contribution in [0.15, 0.2) is 12.1 Å². The molecule has 0 amide bonds. The Balaban J connectivity index is 3.22. The van der Waals surface area contributed by atoms with Gasteiger partial charge >= 0.3 is 0 Å². The van der Waals surface area contributed by atoms with Gasteiger partial charge in [0.2, 0.25) is 9.05 Å². The molecule has 1 aromatic carbocycles. The van der Waals surface area contributed by atoms with Crippen LogP contribution >= 0.6 is 10.7 Å². The summed E-state index contributed by atoms with van der Waals surface area (Å²) in [7, 11) is 2.15. The fraction of sp³-hybridized carbons (Fsp3) is 0.250. The molecule has 3 nitrogen and oxygen atoms in total. The molecule has 84 valence electrons. The second-order valence-corrected chi connectivity index (χ2v) is 5.51. The van der Waals surface area contributed by atoms with Gasteiger partial charge in [-0.1, -0.05) is 6.07 Å². The normalized spacial score (nSPS) is 11.5. The lowest BCUT2D eigenvalue weighted by Gasteiger charge is -2.06. The topological polar surface area (TPSA) is 43.4 Å². The van der Waals surface area contributed by atoms with Crippen LogP contribution in [0.2, 0.25) is 0 Å². The molecule has 0 unspecified atom stereocenters. The molecule has 15 heavy (non-hydrogen) atoms. The van der Waals surface area contributed by atoms with Gasteiger partial charge < -0.3 is 4.74 Å². The van der Waals surface area contributed by atoms with Crippen LogP contribution in [-0.2, 0) is 14.8 Å². The summed E-state index contributed by atoms with van der Waals surface area (Å²) >= 11 is 0. The minimum absolute atomic E-state index is 0.233. The Bertz CT molecular complexity index is 473. The molecule has 0 aliphatic heterocycles. The van der Waals surface area contributed by atoms with E-state index in [1.54, 1.807) is 0 Å². The summed E-state index contributed by atoms with van der Waals surface area (Å²) in [4.78, 5) is 0. The summed E-state index contributed by atoms with van der Waals surface area (Å²) in [5, 5.41) is 0. The van der Waals surface area contributed by atoms with E-state index >= 15 is 0 Å². The molecule has 0 bridgehead atoms. The first-order valence-corrected chi connectivity index (χ1v) is 6.26. The van der Waals surface area contributed by atoms with Crippen molar-refractivity contribution in [3.8, 4) is 5.75 Å². The second-order valence-electron chi connectivity index (χ2n) is 2.74. The Kier molecular flexibility index (Phi) is 3.51. The molecule has 1 rings (SSSR count). The van der Waals surface area contributed by atoms with Crippen molar-refractivity contribution >= 4 is 19.7 Å². The molecule has 0 aliphatic carbocycles. The maximum absolute atomic E-state index is 13.4. The van der Waals surface area contributed by atoms with Crippen LogP contribution in [0.25, 0.3) is 0 Å². The van der Waals surface area contributed by atoms with Crippen LogP contribution in [0.3, 0.4) is 0 Å². The molecule has 0 saturated heterocycles. The zero-order valence-corrected chi connectivity index (χ0v) is 9.20. The number of ether oxygens (including phenoxy) is 1. The van der Waals surface area contributed by atoms with E-state index in [1.165, 1.54) is 0 Å². The van der Waals surface area contributed by atoms with Crippen LogP contribution < -0.4 is 4.74 Å². The average Bonchev–Trinajstić information content (AvgIpc) is 2.09. The second kappa shape index (κ2) is 4.32. The SMILES string of the molecule is COc1c(F)ccc(CS(=O)(=O)Cl)c1F. The maximum Gasteiger partial charge on any atom is 0.236 e. The predicted octanol–water partition coefficient (Wildman–Crippen LogP) is 2.04. The Morgan fingerprint density at radius 3 is 2.47 bits per heavy atom. The third-order valence-electron chi connectivity index (χ3n) is 1.66. The predicted molar refractivity (Wildman–Crippen MR) is 51.4 cm³/mol. The molecule has 0 heterocycles. The molecular weight excluding hydrogens is 250 g/mol. The van der Waals surface area contributed by atoms with Crippen LogP contribution in [0.5, 0.6) is 5.75 Å². The van der Waals surface area contributed by atoms with Gasteiger partial charge in [-0.15, -0.1) is 0 Å². The number of hydrogen-bond donors (Lipinski definition) is 0. The van der Waals surface area contributed by atoms with E-state index in [-0.39, 0.29) is 5.56 Å². The molecule has 0 saturated carbocycles. The van der Waals surface area contributed by atoms with E-state index in [2.05, 4.69) is 4.74 Å². The largest absolute Gasteiger partial charge is 0.491 e. The summed E-state index contributed by atoms with van der Waals surface area (Å²) in [5.74, 6) is -3.28. The summed E-state index contributed by atoms with van der Waals surface area (Å²) in [6.07, 6.45) is 0. The van der Waals surface area contributed by atoms with Crippen LogP contribution in [0, 0.1) is 11.6 Å². The van der Waals surface area contributed by atoms with Crippen molar-refractivity contribution in [1.29, 1.82) is 0 Å². The van der Waals surface area contributed by atoms with Gasteiger partial charge in [-0.05, 0) is 6.07 Å². The van der Waals surface area contributed by atoms with Crippen molar-refractivity contribution in [3.05, 3.63) is 29.3 Å². The minimum atomic E-state index is -3.88. The monoisotopic (exact) mass is 256 g/mol. The maximum atomic E-state index is 13.4. The highest BCUT2D eigenvalue weighted by atomic mass is 35.7. The van der Waals surface area contributed by atoms with Gasteiger partial charge in [0.15, 0.2) is 17.4 Å². The lowest BCUT2D eigenvalue weighted by molar-refractivity contribution is 0.358. The molecule has 0 N–H and O–H groups in total. The van der Waals surface area contributed by atoms with Crippen molar-refractivity contribution in [1.82, 2.24) is 0 Å². The Morgan fingerprint density at radius 1 is 1.40 bits per heavy atom. The molecule has 0 aromatic heterocycles. The minimum Gasteiger partial charge on any atom is -0.491 e. The number of methoxy groups -OCH3 is 1. The van der Waals surface area contributed by atoms with Crippen molar-refractivity contribution in [3.63, 3.8) is 0 Å². The molecule has 0 fully saturated rings. The first kappa shape index (κ1) is 12.2. The number of rotatable bonds is 3. The van der Waals surface area contributed by atoms with Crippen LogP contribution in [-0.4, -0.2) is 15.5 Å². The third-order valence-corrected chi connectivity index (χ3v) is 2.64. The molecule has 0 aliphatic rings. The van der Waals surface area contributed by atoms with Gasteiger partial charge in [0, 0.05) is 16.2 Å². The number of halogens is 3. The summed E-state index contributed by atoms with van der Waals surface area (Å²) in [6, 6.07) is 1.92. The molecule has 1 aromatic rings. The summed E-state index contributed by atoms with van der Waals surface area (Å²) in [5.41, 5.74) is -0.233. The van der Waals surface area contributed by atoms with Gasteiger partial charge in [0.25, 0.3) is 0 Å². The Labute approximate surface area is 90.0 Å². The van der Waals surface area contributed by atoms with Crippen molar-refractivity contribution in [2.75, 3.05) is 7.11 Å². The van der Waals surface area contributed by atoms with Crippen molar-refractivity contribution < 1.29 is 21.9 Å². The van der Waals surface area contributed by atoms with Gasteiger partial charge in [-0.3, -0.25) is 0 Å². The van der Waals surface area contributed by atoms with Crippen molar-refractivity contribution in [2.45, 2.75) is 5.75 Å². The quantitative estimate of drug-likeness (QED) is 0.778. The lowest BCUT2D eigenvalue weighted by atomic mass is 10.2. The van der Waals surface area contributed by atoms with E-state index in [0.29, 0.717) is 0 Å².